The van der Waals surface area contributed by atoms with Crippen molar-refractivity contribution in [1.29, 1.82) is 0 Å². The molecule has 1 aromatic carbocycles. The predicted molar refractivity (Wildman–Crippen MR) is 78.3 cm³/mol. The monoisotopic (exact) mass is 295 g/mol. The standard InChI is InChI=1S/C14H18ClN3O2/c1-18-11(6-7-17-18)9-16-8-10-4-5-12(19-2)14(20-3)13(10)15/h4-7,16H,8-9H2,1-3H3. The van der Waals surface area contributed by atoms with E-state index in [9.17, 15) is 0 Å². The van der Waals surface area contributed by atoms with E-state index >= 15 is 0 Å². The number of aromatic nitrogens is 2. The summed E-state index contributed by atoms with van der Waals surface area (Å²) in [7, 11) is 5.09. The molecule has 0 bridgehead atoms. The molecule has 1 aromatic heterocycles. The first-order chi connectivity index (χ1) is 9.67. The number of nitrogens with one attached hydrogen (secondary N) is 1. The van der Waals surface area contributed by atoms with Crippen LogP contribution in [0.2, 0.25) is 5.02 Å². The summed E-state index contributed by atoms with van der Waals surface area (Å²) in [6, 6.07) is 5.76. The molecule has 0 fully saturated rings. The lowest BCUT2D eigenvalue weighted by Gasteiger charge is -2.13. The second-order valence-electron chi connectivity index (χ2n) is 4.32. The molecule has 0 unspecified atom stereocenters. The van der Waals surface area contributed by atoms with Gasteiger partial charge in [-0.2, -0.15) is 5.10 Å². The summed E-state index contributed by atoms with van der Waals surface area (Å²) in [6.07, 6.45) is 1.78. The number of methoxy groups -OCH3 is 2. The number of aryl methyl sites for hydroxylation is 1. The highest BCUT2D eigenvalue weighted by atomic mass is 35.5. The van der Waals surface area contributed by atoms with Crippen molar-refractivity contribution in [2.24, 2.45) is 7.05 Å². The first-order valence-electron chi connectivity index (χ1n) is 6.24. The molecule has 2 aromatic rings. The zero-order chi connectivity index (χ0) is 14.5. The summed E-state index contributed by atoms with van der Waals surface area (Å²) >= 11 is 6.32. The summed E-state index contributed by atoms with van der Waals surface area (Å²) in [5.74, 6) is 1.20. The molecule has 0 aliphatic rings. The van der Waals surface area contributed by atoms with Gasteiger partial charge in [0.2, 0.25) is 0 Å². The molecule has 20 heavy (non-hydrogen) atoms. The van der Waals surface area contributed by atoms with E-state index < -0.39 is 0 Å². The Kier molecular flexibility index (Phi) is 4.87. The molecule has 0 atom stereocenters. The van der Waals surface area contributed by atoms with Gasteiger partial charge in [-0.25, -0.2) is 0 Å². The maximum Gasteiger partial charge on any atom is 0.179 e. The number of rotatable bonds is 6. The zero-order valence-electron chi connectivity index (χ0n) is 11.8. The molecule has 1 N–H and O–H groups in total. The molecular weight excluding hydrogens is 278 g/mol. The van der Waals surface area contributed by atoms with E-state index in [2.05, 4.69) is 10.4 Å². The molecule has 0 saturated carbocycles. The van der Waals surface area contributed by atoms with Crippen molar-refractivity contribution >= 4 is 11.6 Å². The molecule has 0 aliphatic carbocycles. The van der Waals surface area contributed by atoms with Crippen LogP contribution in [0.15, 0.2) is 24.4 Å². The lowest BCUT2D eigenvalue weighted by atomic mass is 10.2. The molecule has 0 amide bonds. The van der Waals surface area contributed by atoms with Crippen LogP contribution in [-0.2, 0) is 20.1 Å². The summed E-state index contributed by atoms with van der Waals surface area (Å²) < 4.78 is 12.3. The van der Waals surface area contributed by atoms with Crippen LogP contribution < -0.4 is 14.8 Å². The fourth-order valence-electron chi connectivity index (χ4n) is 1.97. The predicted octanol–water partition coefficient (Wildman–Crippen LogP) is 2.38. The van der Waals surface area contributed by atoms with Gasteiger partial charge in [-0.05, 0) is 17.7 Å². The Bertz CT molecular complexity index is 584. The van der Waals surface area contributed by atoms with Crippen LogP contribution >= 0.6 is 11.6 Å². The first-order valence-corrected chi connectivity index (χ1v) is 6.62. The van der Waals surface area contributed by atoms with Crippen LogP contribution in [0.1, 0.15) is 11.3 Å². The normalized spacial score (nSPS) is 10.6. The molecule has 2 rings (SSSR count). The lowest BCUT2D eigenvalue weighted by molar-refractivity contribution is 0.354. The minimum Gasteiger partial charge on any atom is -0.493 e. The van der Waals surface area contributed by atoms with E-state index in [1.165, 1.54) is 0 Å². The maximum atomic E-state index is 6.32. The Morgan fingerprint density at radius 1 is 1.20 bits per heavy atom. The summed E-state index contributed by atoms with van der Waals surface area (Å²) in [6.45, 7) is 1.37. The van der Waals surface area contributed by atoms with Gasteiger partial charge in [-0.15, -0.1) is 0 Å². The van der Waals surface area contributed by atoms with Crippen molar-refractivity contribution in [3.63, 3.8) is 0 Å². The number of hydrogen-bond donors (Lipinski definition) is 1. The van der Waals surface area contributed by atoms with Gasteiger partial charge in [-0.1, -0.05) is 17.7 Å². The summed E-state index contributed by atoms with van der Waals surface area (Å²) in [5.41, 5.74) is 2.08. The van der Waals surface area contributed by atoms with Crippen LogP contribution in [0.4, 0.5) is 0 Å². The van der Waals surface area contributed by atoms with Gasteiger partial charge >= 0.3 is 0 Å². The van der Waals surface area contributed by atoms with Gasteiger partial charge in [0.05, 0.1) is 24.9 Å². The smallest absolute Gasteiger partial charge is 0.179 e. The van der Waals surface area contributed by atoms with Crippen molar-refractivity contribution in [1.82, 2.24) is 15.1 Å². The number of benzene rings is 1. The Morgan fingerprint density at radius 2 is 2.00 bits per heavy atom. The zero-order valence-corrected chi connectivity index (χ0v) is 12.6. The van der Waals surface area contributed by atoms with Crippen molar-refractivity contribution in [2.75, 3.05) is 14.2 Å². The minimum absolute atomic E-state index is 0.564. The van der Waals surface area contributed by atoms with Gasteiger partial charge in [0.1, 0.15) is 0 Å². The van der Waals surface area contributed by atoms with Crippen molar-refractivity contribution < 1.29 is 9.47 Å². The van der Waals surface area contributed by atoms with E-state index in [1.54, 1.807) is 20.4 Å². The largest absolute Gasteiger partial charge is 0.493 e. The molecule has 0 radical (unpaired) electrons. The number of ether oxygens (including phenoxy) is 2. The van der Waals surface area contributed by atoms with E-state index in [0.29, 0.717) is 23.1 Å². The van der Waals surface area contributed by atoms with Crippen molar-refractivity contribution in [2.45, 2.75) is 13.1 Å². The fourth-order valence-corrected chi connectivity index (χ4v) is 2.27. The Morgan fingerprint density at radius 3 is 2.60 bits per heavy atom. The van der Waals surface area contributed by atoms with E-state index in [-0.39, 0.29) is 0 Å². The average molecular weight is 296 g/mol. The number of nitrogens with zero attached hydrogens (tertiary/aromatic N) is 2. The van der Waals surface area contributed by atoms with Crippen LogP contribution in [0.5, 0.6) is 11.5 Å². The third-order valence-electron chi connectivity index (χ3n) is 3.11. The van der Waals surface area contributed by atoms with Crippen LogP contribution in [-0.4, -0.2) is 24.0 Å². The van der Waals surface area contributed by atoms with Gasteiger partial charge < -0.3 is 14.8 Å². The van der Waals surface area contributed by atoms with Crippen LogP contribution in [0.3, 0.4) is 0 Å². The lowest BCUT2D eigenvalue weighted by Crippen LogP contribution is -2.15. The number of halogens is 1. The third-order valence-corrected chi connectivity index (χ3v) is 3.52. The van der Waals surface area contributed by atoms with Gasteiger partial charge in [0.25, 0.3) is 0 Å². The van der Waals surface area contributed by atoms with Crippen molar-refractivity contribution in [3.05, 3.63) is 40.7 Å². The first kappa shape index (κ1) is 14.7. The highest BCUT2D eigenvalue weighted by molar-refractivity contribution is 6.33. The second kappa shape index (κ2) is 6.63. The SMILES string of the molecule is COc1ccc(CNCc2ccnn2C)c(Cl)c1OC. The highest BCUT2D eigenvalue weighted by Crippen LogP contribution is 2.37. The second-order valence-corrected chi connectivity index (χ2v) is 4.70. The Hall–Kier alpha value is -1.72. The average Bonchev–Trinajstić information content (AvgIpc) is 2.86. The third kappa shape index (κ3) is 3.05. The molecule has 108 valence electrons. The molecule has 0 aliphatic heterocycles. The van der Waals surface area contributed by atoms with Crippen LogP contribution in [0, 0.1) is 0 Å². The van der Waals surface area contributed by atoms with E-state index in [1.807, 2.05) is 29.9 Å². The van der Waals surface area contributed by atoms with E-state index in [0.717, 1.165) is 17.8 Å². The van der Waals surface area contributed by atoms with Crippen LogP contribution in [0.25, 0.3) is 0 Å². The summed E-state index contributed by atoms with van der Waals surface area (Å²) in [5, 5.41) is 8.03. The molecule has 5 nitrogen and oxygen atoms in total. The quantitative estimate of drug-likeness (QED) is 0.889. The van der Waals surface area contributed by atoms with Crippen molar-refractivity contribution in [3.8, 4) is 11.5 Å². The van der Waals surface area contributed by atoms with E-state index in [4.69, 9.17) is 21.1 Å². The van der Waals surface area contributed by atoms with Gasteiger partial charge in [0.15, 0.2) is 11.5 Å². The topological polar surface area (TPSA) is 48.3 Å². The minimum atomic E-state index is 0.564. The molecule has 0 saturated heterocycles. The Balaban J connectivity index is 2.05. The number of hydrogen-bond acceptors (Lipinski definition) is 4. The highest BCUT2D eigenvalue weighted by Gasteiger charge is 2.12. The maximum absolute atomic E-state index is 6.32. The molecule has 0 spiro atoms. The van der Waals surface area contributed by atoms with Gasteiger partial charge in [-0.3, -0.25) is 4.68 Å². The fraction of sp³-hybridized carbons (Fsp3) is 0.357. The van der Waals surface area contributed by atoms with Gasteiger partial charge in [0, 0.05) is 26.3 Å². The molecule has 6 heteroatoms. The molecule has 1 heterocycles. The Labute approximate surface area is 123 Å². The summed E-state index contributed by atoms with van der Waals surface area (Å²) in [4.78, 5) is 0. The molecular formula is C14H18ClN3O2.